The van der Waals surface area contributed by atoms with Gasteiger partial charge in [-0.1, -0.05) is 26.2 Å². The minimum absolute atomic E-state index is 0.00666. The molecule has 0 aromatic heterocycles. The second kappa shape index (κ2) is 11.9. The van der Waals surface area contributed by atoms with Crippen LogP contribution in [0.1, 0.15) is 58.3 Å². The van der Waals surface area contributed by atoms with E-state index in [0.29, 0.717) is 19.6 Å². The zero-order valence-electron chi connectivity index (χ0n) is 19.1. The SMILES string of the molecule is CCC(C(=O)NCC1CCCO1)N(C(=O)CNS(=O)(=O)c1ccc(F)cc1)C1CCCCC1. The van der Waals surface area contributed by atoms with Gasteiger partial charge in [-0.25, -0.2) is 17.5 Å². The maximum absolute atomic E-state index is 13.3. The highest BCUT2D eigenvalue weighted by atomic mass is 32.2. The molecule has 0 bridgehead atoms. The molecule has 33 heavy (non-hydrogen) atoms. The largest absolute Gasteiger partial charge is 0.376 e. The number of nitrogens with one attached hydrogen (secondary N) is 2. The third kappa shape index (κ3) is 6.97. The second-order valence-corrected chi connectivity index (χ2v) is 10.4. The minimum Gasteiger partial charge on any atom is -0.376 e. The molecule has 1 aromatic carbocycles. The lowest BCUT2D eigenvalue weighted by Crippen LogP contribution is -2.56. The number of halogens is 1. The van der Waals surface area contributed by atoms with Crippen molar-refractivity contribution in [2.45, 2.75) is 81.4 Å². The topological polar surface area (TPSA) is 105 Å². The lowest BCUT2D eigenvalue weighted by Gasteiger charge is -2.39. The molecular weight excluding hydrogens is 449 g/mol. The standard InChI is InChI=1S/C23H34FN3O5S/c1-2-21(23(29)25-15-19-9-6-14-32-19)27(18-7-4-3-5-8-18)22(28)16-26-33(30,31)20-12-10-17(24)11-13-20/h10-13,18-19,21,26H,2-9,14-16H2,1H3,(H,25,29). The molecule has 0 radical (unpaired) electrons. The maximum atomic E-state index is 13.3. The van der Waals surface area contributed by atoms with E-state index in [1.807, 2.05) is 6.92 Å². The molecule has 1 saturated heterocycles. The molecule has 0 spiro atoms. The van der Waals surface area contributed by atoms with Crippen molar-refractivity contribution in [1.82, 2.24) is 14.9 Å². The van der Waals surface area contributed by atoms with Crippen LogP contribution in [-0.4, -0.2) is 63.0 Å². The van der Waals surface area contributed by atoms with Gasteiger partial charge in [0.05, 0.1) is 17.5 Å². The molecule has 2 N–H and O–H groups in total. The fourth-order valence-electron chi connectivity index (χ4n) is 4.58. The third-order valence-electron chi connectivity index (χ3n) is 6.35. The van der Waals surface area contributed by atoms with E-state index in [1.54, 1.807) is 4.90 Å². The molecule has 184 valence electrons. The predicted octanol–water partition coefficient (Wildman–Crippen LogP) is 2.34. The van der Waals surface area contributed by atoms with Crippen molar-refractivity contribution in [2.75, 3.05) is 19.7 Å². The Morgan fingerprint density at radius 1 is 1.12 bits per heavy atom. The van der Waals surface area contributed by atoms with E-state index in [2.05, 4.69) is 10.0 Å². The number of sulfonamides is 1. The van der Waals surface area contributed by atoms with Crippen LogP contribution in [0.2, 0.25) is 0 Å². The van der Waals surface area contributed by atoms with Crippen LogP contribution in [0.4, 0.5) is 4.39 Å². The van der Waals surface area contributed by atoms with Crippen LogP contribution in [0.15, 0.2) is 29.2 Å². The zero-order valence-corrected chi connectivity index (χ0v) is 19.9. The van der Waals surface area contributed by atoms with Gasteiger partial charge in [-0.15, -0.1) is 0 Å². The number of hydrogen-bond acceptors (Lipinski definition) is 5. The molecule has 1 aliphatic heterocycles. The second-order valence-electron chi connectivity index (χ2n) is 8.68. The first-order chi connectivity index (χ1) is 15.8. The zero-order chi connectivity index (χ0) is 23.8. The average molecular weight is 484 g/mol. The van der Waals surface area contributed by atoms with Crippen LogP contribution in [-0.2, 0) is 24.3 Å². The van der Waals surface area contributed by atoms with Crippen molar-refractivity contribution in [3.8, 4) is 0 Å². The van der Waals surface area contributed by atoms with Gasteiger partial charge in [0.25, 0.3) is 0 Å². The number of hydrogen-bond donors (Lipinski definition) is 2. The quantitative estimate of drug-likeness (QED) is 0.532. The molecule has 8 nitrogen and oxygen atoms in total. The molecule has 2 amide bonds. The van der Waals surface area contributed by atoms with Gasteiger partial charge in [0.15, 0.2) is 0 Å². The van der Waals surface area contributed by atoms with Gasteiger partial charge in [0.1, 0.15) is 11.9 Å². The summed E-state index contributed by atoms with van der Waals surface area (Å²) >= 11 is 0. The van der Waals surface area contributed by atoms with Gasteiger partial charge in [-0.2, -0.15) is 0 Å². The molecule has 3 rings (SSSR count). The predicted molar refractivity (Wildman–Crippen MR) is 121 cm³/mol. The van der Waals surface area contributed by atoms with Crippen molar-refractivity contribution in [2.24, 2.45) is 0 Å². The normalized spacial score (nSPS) is 20.4. The summed E-state index contributed by atoms with van der Waals surface area (Å²) < 4.78 is 46.2. The Labute approximate surface area is 195 Å². The van der Waals surface area contributed by atoms with Crippen LogP contribution in [0.3, 0.4) is 0 Å². The van der Waals surface area contributed by atoms with Crippen molar-refractivity contribution in [3.05, 3.63) is 30.1 Å². The fourth-order valence-corrected chi connectivity index (χ4v) is 5.56. The summed E-state index contributed by atoms with van der Waals surface area (Å²) in [5, 5.41) is 2.92. The Balaban J connectivity index is 1.70. The smallest absolute Gasteiger partial charge is 0.242 e. The summed E-state index contributed by atoms with van der Waals surface area (Å²) in [5.74, 6) is -1.23. The number of rotatable bonds is 10. The Bertz CT molecular complexity index is 897. The first-order valence-electron chi connectivity index (χ1n) is 11.8. The van der Waals surface area contributed by atoms with E-state index >= 15 is 0 Å². The molecule has 2 fully saturated rings. The highest BCUT2D eigenvalue weighted by molar-refractivity contribution is 7.89. The van der Waals surface area contributed by atoms with Crippen LogP contribution >= 0.6 is 0 Å². The van der Waals surface area contributed by atoms with Gasteiger partial charge in [0.2, 0.25) is 21.8 Å². The first kappa shape index (κ1) is 25.6. The van der Waals surface area contributed by atoms with E-state index in [4.69, 9.17) is 4.74 Å². The van der Waals surface area contributed by atoms with Crippen molar-refractivity contribution in [3.63, 3.8) is 0 Å². The third-order valence-corrected chi connectivity index (χ3v) is 7.76. The van der Waals surface area contributed by atoms with E-state index < -0.39 is 34.3 Å². The van der Waals surface area contributed by atoms with E-state index in [-0.39, 0.29) is 22.9 Å². The van der Waals surface area contributed by atoms with Gasteiger partial charge >= 0.3 is 0 Å². The van der Waals surface area contributed by atoms with Gasteiger partial charge in [-0.05, 0) is 56.4 Å². The Morgan fingerprint density at radius 3 is 2.42 bits per heavy atom. The van der Waals surface area contributed by atoms with Gasteiger partial charge in [-0.3, -0.25) is 9.59 Å². The maximum Gasteiger partial charge on any atom is 0.242 e. The number of ether oxygens (including phenoxy) is 1. The average Bonchev–Trinajstić information content (AvgIpc) is 3.34. The Hall–Kier alpha value is -2.04. The molecule has 1 aliphatic carbocycles. The number of amides is 2. The van der Waals surface area contributed by atoms with Crippen molar-refractivity contribution in [1.29, 1.82) is 0 Å². The highest BCUT2D eigenvalue weighted by Crippen LogP contribution is 2.25. The van der Waals surface area contributed by atoms with Crippen LogP contribution in [0, 0.1) is 5.82 Å². The lowest BCUT2D eigenvalue weighted by molar-refractivity contribution is -0.143. The van der Waals surface area contributed by atoms with E-state index in [1.165, 1.54) is 0 Å². The minimum atomic E-state index is -3.99. The van der Waals surface area contributed by atoms with E-state index in [9.17, 15) is 22.4 Å². The fraction of sp³-hybridized carbons (Fsp3) is 0.652. The Morgan fingerprint density at radius 2 is 1.82 bits per heavy atom. The van der Waals surface area contributed by atoms with Crippen LogP contribution in [0.5, 0.6) is 0 Å². The summed E-state index contributed by atoms with van der Waals surface area (Å²) in [7, 11) is -3.99. The van der Waals surface area contributed by atoms with Crippen molar-refractivity contribution < 1.29 is 27.1 Å². The summed E-state index contributed by atoms with van der Waals surface area (Å²) in [4.78, 5) is 27.8. The van der Waals surface area contributed by atoms with Gasteiger partial charge < -0.3 is 15.0 Å². The molecule has 2 unspecified atom stereocenters. The highest BCUT2D eigenvalue weighted by Gasteiger charge is 2.35. The van der Waals surface area contributed by atoms with E-state index in [0.717, 1.165) is 69.2 Å². The number of benzene rings is 1. The molecule has 1 saturated carbocycles. The number of carbonyl (C=O) groups is 2. The molecule has 1 heterocycles. The molecule has 2 aliphatic rings. The Kier molecular flexibility index (Phi) is 9.22. The number of nitrogens with zero attached hydrogens (tertiary/aromatic N) is 1. The molecule has 10 heteroatoms. The van der Waals surface area contributed by atoms with Crippen LogP contribution in [0.25, 0.3) is 0 Å². The van der Waals surface area contributed by atoms with Crippen molar-refractivity contribution >= 4 is 21.8 Å². The molecule has 2 atom stereocenters. The summed E-state index contributed by atoms with van der Waals surface area (Å²) in [6, 6.07) is 3.60. The lowest BCUT2D eigenvalue weighted by atomic mass is 9.92. The monoisotopic (exact) mass is 483 g/mol. The first-order valence-corrected chi connectivity index (χ1v) is 13.3. The number of carbonyl (C=O) groups excluding carboxylic acids is 2. The summed E-state index contributed by atoms with van der Waals surface area (Å²) in [6.45, 7) is 2.48. The summed E-state index contributed by atoms with van der Waals surface area (Å²) in [6.07, 6.45) is 6.85. The summed E-state index contributed by atoms with van der Waals surface area (Å²) in [5.41, 5.74) is 0. The van der Waals surface area contributed by atoms with Gasteiger partial charge in [0, 0.05) is 19.2 Å². The molecule has 1 aromatic rings. The molecular formula is C23H34FN3O5S. The van der Waals surface area contributed by atoms with Crippen LogP contribution < -0.4 is 10.0 Å².